The van der Waals surface area contributed by atoms with Crippen molar-refractivity contribution in [3.8, 4) is 0 Å². The maximum Gasteiger partial charge on any atom is 0.240 e. The molecule has 2 N–H and O–H groups in total. The molecule has 0 aliphatic heterocycles. The van der Waals surface area contributed by atoms with E-state index in [1.165, 1.54) is 18.4 Å². The molecule has 2 rings (SSSR count). The van der Waals surface area contributed by atoms with Gasteiger partial charge in [0.1, 0.15) is 6.54 Å². The average molecular weight is 277 g/mol. The number of carbonyl (C=O) groups is 1. The third kappa shape index (κ3) is 4.10. The van der Waals surface area contributed by atoms with Crippen molar-refractivity contribution in [1.29, 1.82) is 0 Å². The summed E-state index contributed by atoms with van der Waals surface area (Å²) < 4.78 is 1.99. The fourth-order valence-corrected chi connectivity index (χ4v) is 3.02. The Morgan fingerprint density at radius 1 is 1.40 bits per heavy atom. The van der Waals surface area contributed by atoms with Crippen LogP contribution in [0.3, 0.4) is 0 Å². The van der Waals surface area contributed by atoms with Gasteiger partial charge in [0, 0.05) is 24.5 Å². The van der Waals surface area contributed by atoms with Gasteiger partial charge in [-0.1, -0.05) is 26.7 Å². The second kappa shape index (κ2) is 7.48. The van der Waals surface area contributed by atoms with Crippen molar-refractivity contribution in [2.24, 2.45) is 0 Å². The van der Waals surface area contributed by atoms with E-state index in [0.29, 0.717) is 18.6 Å². The largest absolute Gasteiger partial charge is 0.352 e. The summed E-state index contributed by atoms with van der Waals surface area (Å²) in [5.74, 6) is 0.135. The first-order valence-corrected chi connectivity index (χ1v) is 7.91. The number of carbonyl (C=O) groups excluding carboxylic acids is 1. The second-order valence-corrected chi connectivity index (χ2v) is 5.68. The molecule has 4 heteroatoms. The number of hydrogen-bond donors (Lipinski definition) is 2. The zero-order valence-corrected chi connectivity index (χ0v) is 12.7. The van der Waals surface area contributed by atoms with Crippen LogP contribution in [0.5, 0.6) is 0 Å². The van der Waals surface area contributed by atoms with E-state index >= 15 is 0 Å². The topological polar surface area (TPSA) is 46.1 Å². The molecule has 1 amide bonds. The molecule has 0 saturated heterocycles. The summed E-state index contributed by atoms with van der Waals surface area (Å²) >= 11 is 0. The minimum atomic E-state index is 0.135. The number of aromatic nitrogens is 1. The van der Waals surface area contributed by atoms with E-state index < -0.39 is 0 Å². The Bertz CT molecular complexity index is 421. The molecular formula is C16H27N3O. The van der Waals surface area contributed by atoms with Crippen molar-refractivity contribution >= 4 is 5.91 Å². The third-order valence-electron chi connectivity index (χ3n) is 4.08. The Morgan fingerprint density at radius 2 is 2.15 bits per heavy atom. The van der Waals surface area contributed by atoms with Crippen LogP contribution in [-0.4, -0.2) is 23.1 Å². The molecule has 1 aliphatic rings. The molecule has 20 heavy (non-hydrogen) atoms. The number of nitrogens with zero attached hydrogens (tertiary/aromatic N) is 1. The number of hydrogen-bond acceptors (Lipinski definition) is 2. The van der Waals surface area contributed by atoms with Crippen LogP contribution >= 0.6 is 0 Å². The Kier molecular flexibility index (Phi) is 5.65. The maximum atomic E-state index is 12.0. The summed E-state index contributed by atoms with van der Waals surface area (Å²) in [5, 5.41) is 6.59. The van der Waals surface area contributed by atoms with Crippen LogP contribution in [0.1, 0.15) is 57.6 Å². The fourth-order valence-electron chi connectivity index (χ4n) is 3.02. The van der Waals surface area contributed by atoms with Gasteiger partial charge in [-0.15, -0.1) is 0 Å². The SMILES string of the molecule is CCNC(CC)c1ccn(CC(=O)NC2CCCC2)c1. The molecule has 112 valence electrons. The van der Waals surface area contributed by atoms with E-state index in [1.54, 1.807) is 0 Å². The predicted molar refractivity (Wildman–Crippen MR) is 81.5 cm³/mol. The van der Waals surface area contributed by atoms with Gasteiger partial charge in [0.2, 0.25) is 5.91 Å². The summed E-state index contributed by atoms with van der Waals surface area (Å²) in [5.41, 5.74) is 1.27. The van der Waals surface area contributed by atoms with Crippen LogP contribution in [0.4, 0.5) is 0 Å². The highest BCUT2D eigenvalue weighted by Crippen LogP contribution is 2.18. The third-order valence-corrected chi connectivity index (χ3v) is 4.08. The Hall–Kier alpha value is -1.29. The Balaban J connectivity index is 1.86. The van der Waals surface area contributed by atoms with Crippen molar-refractivity contribution in [3.63, 3.8) is 0 Å². The van der Waals surface area contributed by atoms with E-state index in [0.717, 1.165) is 25.8 Å². The minimum Gasteiger partial charge on any atom is -0.352 e. The lowest BCUT2D eigenvalue weighted by molar-refractivity contribution is -0.122. The lowest BCUT2D eigenvalue weighted by Crippen LogP contribution is -2.34. The van der Waals surface area contributed by atoms with Gasteiger partial charge in [-0.05, 0) is 37.4 Å². The first-order valence-electron chi connectivity index (χ1n) is 7.91. The molecule has 0 bridgehead atoms. The van der Waals surface area contributed by atoms with Gasteiger partial charge in [0.15, 0.2) is 0 Å². The predicted octanol–water partition coefficient (Wildman–Crippen LogP) is 2.61. The summed E-state index contributed by atoms with van der Waals surface area (Å²) in [4.78, 5) is 12.0. The number of amides is 1. The van der Waals surface area contributed by atoms with Gasteiger partial charge in [-0.3, -0.25) is 4.79 Å². The lowest BCUT2D eigenvalue weighted by Gasteiger charge is -2.14. The molecule has 1 saturated carbocycles. The normalized spacial score (nSPS) is 17.3. The summed E-state index contributed by atoms with van der Waals surface area (Å²) in [7, 11) is 0. The van der Waals surface area contributed by atoms with Gasteiger partial charge in [-0.2, -0.15) is 0 Å². The number of nitrogens with one attached hydrogen (secondary N) is 2. The van der Waals surface area contributed by atoms with Crippen LogP contribution in [0.2, 0.25) is 0 Å². The van der Waals surface area contributed by atoms with Crippen molar-refractivity contribution in [1.82, 2.24) is 15.2 Å². The zero-order valence-electron chi connectivity index (χ0n) is 12.7. The molecule has 1 atom stereocenters. The fraction of sp³-hybridized carbons (Fsp3) is 0.688. The average Bonchev–Trinajstić information content (AvgIpc) is 3.07. The van der Waals surface area contributed by atoms with E-state index in [4.69, 9.17) is 0 Å². The second-order valence-electron chi connectivity index (χ2n) is 5.68. The molecule has 1 fully saturated rings. The highest BCUT2D eigenvalue weighted by Gasteiger charge is 2.17. The van der Waals surface area contributed by atoms with Crippen molar-refractivity contribution in [2.45, 2.75) is 64.6 Å². The highest BCUT2D eigenvalue weighted by atomic mass is 16.2. The van der Waals surface area contributed by atoms with Gasteiger partial charge in [-0.25, -0.2) is 0 Å². The molecule has 1 aromatic heterocycles. The molecule has 4 nitrogen and oxygen atoms in total. The molecular weight excluding hydrogens is 250 g/mol. The molecule has 1 heterocycles. The summed E-state index contributed by atoms with van der Waals surface area (Å²) in [6, 6.07) is 2.90. The molecule has 1 aromatic rings. The summed E-state index contributed by atoms with van der Waals surface area (Å²) in [6.45, 7) is 5.69. The van der Waals surface area contributed by atoms with Crippen molar-refractivity contribution in [3.05, 3.63) is 24.0 Å². The molecule has 1 aliphatic carbocycles. The van der Waals surface area contributed by atoms with Crippen LogP contribution in [-0.2, 0) is 11.3 Å². The number of rotatable bonds is 7. The maximum absolute atomic E-state index is 12.0. The quantitative estimate of drug-likeness (QED) is 0.805. The van der Waals surface area contributed by atoms with Gasteiger partial charge >= 0.3 is 0 Å². The van der Waals surface area contributed by atoms with Gasteiger partial charge in [0.25, 0.3) is 0 Å². The molecule has 0 radical (unpaired) electrons. The summed E-state index contributed by atoms with van der Waals surface area (Å²) in [6.07, 6.45) is 9.93. The van der Waals surface area contributed by atoms with E-state index in [2.05, 4.69) is 36.7 Å². The van der Waals surface area contributed by atoms with Gasteiger partial charge in [0.05, 0.1) is 0 Å². The van der Waals surface area contributed by atoms with Crippen LogP contribution in [0, 0.1) is 0 Å². The monoisotopic (exact) mass is 277 g/mol. The van der Waals surface area contributed by atoms with Crippen LogP contribution in [0.25, 0.3) is 0 Å². The van der Waals surface area contributed by atoms with Crippen molar-refractivity contribution in [2.75, 3.05) is 6.54 Å². The standard InChI is InChI=1S/C16H27N3O/c1-3-15(17-4-2)13-9-10-19(11-13)12-16(20)18-14-7-5-6-8-14/h9-11,14-15,17H,3-8,12H2,1-2H3,(H,18,20). The zero-order chi connectivity index (χ0) is 14.4. The Labute approximate surface area is 121 Å². The minimum absolute atomic E-state index is 0.135. The smallest absolute Gasteiger partial charge is 0.240 e. The molecule has 0 aromatic carbocycles. The van der Waals surface area contributed by atoms with Crippen LogP contribution in [0.15, 0.2) is 18.5 Å². The Morgan fingerprint density at radius 3 is 2.80 bits per heavy atom. The first kappa shape index (κ1) is 15.1. The molecule has 0 spiro atoms. The van der Waals surface area contributed by atoms with E-state index in [1.807, 2.05) is 10.8 Å². The van der Waals surface area contributed by atoms with Crippen LogP contribution < -0.4 is 10.6 Å². The highest BCUT2D eigenvalue weighted by molar-refractivity contribution is 5.76. The van der Waals surface area contributed by atoms with Gasteiger partial charge < -0.3 is 15.2 Å². The van der Waals surface area contributed by atoms with E-state index in [9.17, 15) is 4.79 Å². The molecule has 1 unspecified atom stereocenters. The lowest BCUT2D eigenvalue weighted by atomic mass is 10.1. The van der Waals surface area contributed by atoms with Crippen molar-refractivity contribution < 1.29 is 4.79 Å². The van der Waals surface area contributed by atoms with E-state index in [-0.39, 0.29) is 5.91 Å². The first-order chi connectivity index (χ1) is 9.72.